The Kier molecular flexibility index (Phi) is 10.5. The van der Waals surface area contributed by atoms with E-state index in [9.17, 15) is 26.8 Å². The Morgan fingerprint density at radius 1 is 1.13 bits per heavy atom. The summed E-state index contributed by atoms with van der Waals surface area (Å²) in [4.78, 5) is 23.0. The predicted octanol–water partition coefficient (Wildman–Crippen LogP) is 2.79. The van der Waals surface area contributed by atoms with E-state index >= 15 is 0 Å². The largest absolute Gasteiger partial charge is 0.461 e. The summed E-state index contributed by atoms with van der Waals surface area (Å²) in [7, 11) is -4.67. The number of rotatable bonds is 8. The van der Waals surface area contributed by atoms with Crippen molar-refractivity contribution in [2.75, 3.05) is 13.2 Å². The van der Waals surface area contributed by atoms with Gasteiger partial charge in [0.1, 0.15) is 5.60 Å². The van der Waals surface area contributed by atoms with Crippen LogP contribution in [0.3, 0.4) is 0 Å². The average molecular weight is 503 g/mol. The average Bonchev–Trinajstić information content (AvgIpc) is 2.57. The van der Waals surface area contributed by atoms with Gasteiger partial charge in [0.2, 0.25) is 0 Å². The Morgan fingerprint density at radius 2 is 1.67 bits per heavy atom. The number of halogens is 2. The molecule has 1 rings (SSSR count). The smallest absolute Gasteiger partial charge is 0.407 e. The molecule has 1 amide bonds. The molecule has 0 heterocycles. The first-order chi connectivity index (χ1) is 13.2. The number of carbonyl (C=O) groups is 2. The summed E-state index contributed by atoms with van der Waals surface area (Å²) in [5.41, 5.74) is -0.179. The third-order valence-electron chi connectivity index (χ3n) is 3.34. The monoisotopic (exact) mass is 501 g/mol. The van der Waals surface area contributed by atoms with E-state index in [1.165, 1.54) is 31.2 Å². The summed E-state index contributed by atoms with van der Waals surface area (Å²) in [5, 5.41) is 1.99. The van der Waals surface area contributed by atoms with Crippen molar-refractivity contribution in [2.45, 2.75) is 57.1 Å². The van der Waals surface area contributed by atoms with Gasteiger partial charge in [0.25, 0.3) is 10.1 Å². The van der Waals surface area contributed by atoms with Gasteiger partial charge >= 0.3 is 18.0 Å². The zero-order chi connectivity index (χ0) is 22.5. The minimum Gasteiger partial charge on any atom is -0.461 e. The van der Waals surface area contributed by atoms with Gasteiger partial charge in [0, 0.05) is 19.5 Å². The van der Waals surface area contributed by atoms with Crippen molar-refractivity contribution in [3.63, 3.8) is 0 Å². The zero-order valence-corrected chi connectivity index (χ0v) is 21.3. The molecule has 1 N–H and O–H groups in total. The molecule has 166 valence electrons. The van der Waals surface area contributed by atoms with Gasteiger partial charge in [0.15, 0.2) is 6.10 Å². The van der Waals surface area contributed by atoms with Crippen molar-refractivity contribution in [3.8, 4) is 0 Å². The van der Waals surface area contributed by atoms with E-state index < -0.39 is 46.4 Å². The van der Waals surface area contributed by atoms with Crippen LogP contribution in [0.5, 0.6) is 0 Å². The Balaban J connectivity index is 0.00000841. The number of carbonyl (C=O) groups excluding carboxylic acids is 2. The standard InChI is InChI=1S/C18H25F2NO7S.Zn/c1-6-26-15(22)18(19,20)14(11-21-16(23)27-17(3,4)5)28-29(24,25)13-9-7-12(2)8-10-13;/h7-10,14H,6,11H2,1-5H3,(H,21,23);. The van der Waals surface area contributed by atoms with E-state index in [-0.39, 0.29) is 31.0 Å². The molecule has 1 atom stereocenters. The molecule has 0 fully saturated rings. The van der Waals surface area contributed by atoms with Gasteiger partial charge in [-0.25, -0.2) is 9.59 Å². The molecule has 1 aromatic carbocycles. The van der Waals surface area contributed by atoms with Gasteiger partial charge in [0.05, 0.1) is 18.0 Å². The minimum atomic E-state index is -4.67. The van der Waals surface area contributed by atoms with Crippen LogP contribution in [0.4, 0.5) is 13.6 Å². The maximum atomic E-state index is 14.5. The molecule has 30 heavy (non-hydrogen) atoms. The maximum Gasteiger partial charge on any atom is 0.407 e. The Hall–Kier alpha value is -1.65. The van der Waals surface area contributed by atoms with Crippen LogP contribution in [-0.4, -0.2) is 51.3 Å². The Bertz CT molecular complexity index is 824. The number of ether oxygens (including phenoxy) is 2. The van der Waals surface area contributed by atoms with Crippen molar-refractivity contribution in [1.29, 1.82) is 0 Å². The number of amides is 1. The number of hydrogen-bond donors (Lipinski definition) is 1. The molecular formula is C18H25F2NO7SZn. The van der Waals surface area contributed by atoms with Gasteiger partial charge in [-0.1, -0.05) is 17.7 Å². The molecule has 0 aromatic heterocycles. The van der Waals surface area contributed by atoms with Crippen molar-refractivity contribution in [1.82, 2.24) is 5.32 Å². The number of esters is 1. The molecule has 0 radical (unpaired) electrons. The van der Waals surface area contributed by atoms with Crippen LogP contribution in [0.2, 0.25) is 0 Å². The van der Waals surface area contributed by atoms with Crippen molar-refractivity contribution < 1.29 is 59.9 Å². The van der Waals surface area contributed by atoms with Gasteiger partial charge in [-0.2, -0.15) is 17.2 Å². The quantitative estimate of drug-likeness (QED) is 0.331. The van der Waals surface area contributed by atoms with E-state index in [0.717, 1.165) is 5.56 Å². The van der Waals surface area contributed by atoms with Gasteiger partial charge in [-0.3, -0.25) is 4.18 Å². The molecule has 0 aliphatic rings. The fourth-order valence-corrected chi connectivity index (χ4v) is 3.06. The summed E-state index contributed by atoms with van der Waals surface area (Å²) in [6, 6.07) is 5.25. The molecule has 0 saturated carbocycles. The molecule has 8 nitrogen and oxygen atoms in total. The number of aryl methyl sites for hydroxylation is 1. The van der Waals surface area contributed by atoms with E-state index in [4.69, 9.17) is 4.74 Å². The van der Waals surface area contributed by atoms with Crippen LogP contribution in [0, 0.1) is 6.92 Å². The van der Waals surface area contributed by atoms with Gasteiger partial charge in [-0.05, 0) is 46.8 Å². The van der Waals surface area contributed by atoms with E-state index in [1.807, 2.05) is 5.32 Å². The molecule has 0 saturated heterocycles. The van der Waals surface area contributed by atoms with Crippen LogP contribution in [0.15, 0.2) is 29.2 Å². The molecule has 12 heteroatoms. The molecule has 1 aromatic rings. The molecule has 0 bridgehead atoms. The molecule has 1 unspecified atom stereocenters. The Morgan fingerprint density at radius 3 is 2.13 bits per heavy atom. The van der Waals surface area contributed by atoms with Crippen molar-refractivity contribution in [3.05, 3.63) is 29.8 Å². The van der Waals surface area contributed by atoms with Crippen molar-refractivity contribution >= 4 is 22.2 Å². The number of nitrogens with one attached hydrogen (secondary N) is 1. The maximum absolute atomic E-state index is 14.5. The predicted molar refractivity (Wildman–Crippen MR) is 99.1 cm³/mol. The summed E-state index contributed by atoms with van der Waals surface area (Å²) < 4.78 is 67.7. The third kappa shape index (κ3) is 8.61. The number of alkyl carbamates (subject to hydrolysis) is 1. The van der Waals surface area contributed by atoms with Crippen LogP contribution >= 0.6 is 0 Å². The first-order valence-electron chi connectivity index (χ1n) is 8.71. The van der Waals surface area contributed by atoms with Gasteiger partial charge < -0.3 is 14.8 Å². The molecular weight excluding hydrogens is 478 g/mol. The van der Waals surface area contributed by atoms with E-state index in [2.05, 4.69) is 8.92 Å². The van der Waals surface area contributed by atoms with E-state index in [0.29, 0.717) is 0 Å². The fraction of sp³-hybridized carbons (Fsp3) is 0.556. The van der Waals surface area contributed by atoms with Crippen molar-refractivity contribution in [2.24, 2.45) is 0 Å². The third-order valence-corrected chi connectivity index (χ3v) is 4.67. The second kappa shape index (κ2) is 11.1. The van der Waals surface area contributed by atoms with Crippen LogP contribution in [0.1, 0.15) is 33.3 Å². The number of benzene rings is 1. The summed E-state index contributed by atoms with van der Waals surface area (Å²) in [6.45, 7) is 6.30. The van der Waals surface area contributed by atoms with Crippen LogP contribution in [0.25, 0.3) is 0 Å². The Labute approximate surface area is 187 Å². The number of alkyl halides is 2. The molecule has 0 aliphatic heterocycles. The second-order valence-electron chi connectivity index (χ2n) is 7.08. The normalized spacial score (nSPS) is 13.0. The van der Waals surface area contributed by atoms with Gasteiger partial charge in [-0.15, -0.1) is 0 Å². The first-order valence-corrected chi connectivity index (χ1v) is 10.1. The van der Waals surface area contributed by atoms with Crippen LogP contribution < -0.4 is 5.32 Å². The number of hydrogen-bond acceptors (Lipinski definition) is 7. The summed E-state index contributed by atoms with van der Waals surface area (Å²) >= 11 is 0. The molecule has 0 spiro atoms. The topological polar surface area (TPSA) is 108 Å². The fourth-order valence-electron chi connectivity index (χ4n) is 1.99. The zero-order valence-electron chi connectivity index (χ0n) is 17.5. The van der Waals surface area contributed by atoms with E-state index in [1.54, 1.807) is 27.7 Å². The SMILES string of the molecule is CCOC(=O)C(F)(F)C(CNC(=O)OC(C)(C)C)OS(=O)(=O)c1ccc(C)cc1.[Zn]. The molecule has 0 aliphatic carbocycles. The minimum absolute atomic E-state index is 0. The second-order valence-corrected chi connectivity index (χ2v) is 8.65. The summed E-state index contributed by atoms with van der Waals surface area (Å²) in [5.74, 6) is -6.34. The van der Waals surface area contributed by atoms with Crippen LogP contribution in [-0.2, 0) is 48.0 Å². The summed E-state index contributed by atoms with van der Waals surface area (Å²) in [6.07, 6.45) is -3.64. The first kappa shape index (κ1) is 28.4.